The molecule has 0 radical (unpaired) electrons. The molecule has 1 heterocycles. The molecule has 144 valence electrons. The molecule has 1 N–H and O–H groups in total. The number of aromatic nitrogens is 2. The Morgan fingerprint density at radius 2 is 2.00 bits per heavy atom. The van der Waals surface area contributed by atoms with Crippen molar-refractivity contribution in [3.05, 3.63) is 75.6 Å². The summed E-state index contributed by atoms with van der Waals surface area (Å²) in [5, 5.41) is 18.2. The number of ether oxygens (including phenoxy) is 1. The van der Waals surface area contributed by atoms with Crippen molar-refractivity contribution in [2.75, 3.05) is 5.32 Å². The Labute approximate surface area is 161 Å². The van der Waals surface area contributed by atoms with Gasteiger partial charge in [0, 0.05) is 24.9 Å². The molecule has 0 saturated heterocycles. The van der Waals surface area contributed by atoms with E-state index in [2.05, 4.69) is 10.4 Å². The SMILES string of the molecule is CCn1cc(C(=O)Nc2cc(Oc3ccccc3C)cc([N+](=O)[O-])c2)c(C)n1. The van der Waals surface area contributed by atoms with Crippen LogP contribution in [-0.2, 0) is 6.54 Å². The summed E-state index contributed by atoms with van der Waals surface area (Å²) in [6.45, 7) is 6.17. The Balaban J connectivity index is 1.90. The average Bonchev–Trinajstić information content (AvgIpc) is 3.04. The highest BCUT2D eigenvalue weighted by Gasteiger charge is 2.17. The van der Waals surface area contributed by atoms with Crippen molar-refractivity contribution in [1.82, 2.24) is 9.78 Å². The van der Waals surface area contributed by atoms with Gasteiger partial charge >= 0.3 is 0 Å². The smallest absolute Gasteiger partial charge is 0.275 e. The summed E-state index contributed by atoms with van der Waals surface area (Å²) in [4.78, 5) is 23.4. The monoisotopic (exact) mass is 380 g/mol. The van der Waals surface area contributed by atoms with Gasteiger partial charge in [-0.05, 0) is 32.4 Å². The second-order valence-corrected chi connectivity index (χ2v) is 6.28. The van der Waals surface area contributed by atoms with Crippen LogP contribution in [0.5, 0.6) is 11.5 Å². The molecule has 3 rings (SSSR count). The lowest BCUT2D eigenvalue weighted by molar-refractivity contribution is -0.384. The first-order valence-corrected chi connectivity index (χ1v) is 8.75. The number of hydrogen-bond donors (Lipinski definition) is 1. The van der Waals surface area contributed by atoms with E-state index in [9.17, 15) is 14.9 Å². The molecular formula is C20H20N4O4. The Kier molecular flexibility index (Phi) is 5.39. The summed E-state index contributed by atoms with van der Waals surface area (Å²) < 4.78 is 7.46. The number of nitro groups is 1. The fraction of sp³-hybridized carbons (Fsp3) is 0.200. The zero-order valence-corrected chi connectivity index (χ0v) is 15.8. The number of nitrogens with zero attached hydrogens (tertiary/aromatic N) is 3. The van der Waals surface area contributed by atoms with E-state index in [0.717, 1.165) is 5.56 Å². The molecule has 0 unspecified atom stereocenters. The Morgan fingerprint density at radius 3 is 2.64 bits per heavy atom. The summed E-state index contributed by atoms with van der Waals surface area (Å²) >= 11 is 0. The van der Waals surface area contributed by atoms with Crippen LogP contribution in [0.2, 0.25) is 0 Å². The molecular weight excluding hydrogens is 360 g/mol. The first-order valence-electron chi connectivity index (χ1n) is 8.75. The van der Waals surface area contributed by atoms with Crippen molar-refractivity contribution >= 4 is 17.3 Å². The molecule has 2 aromatic carbocycles. The maximum Gasteiger partial charge on any atom is 0.275 e. The van der Waals surface area contributed by atoms with E-state index < -0.39 is 4.92 Å². The number of anilines is 1. The molecule has 3 aromatic rings. The van der Waals surface area contributed by atoms with Crippen LogP contribution in [0, 0.1) is 24.0 Å². The van der Waals surface area contributed by atoms with E-state index in [1.807, 2.05) is 32.0 Å². The Hall–Kier alpha value is -3.68. The predicted molar refractivity (Wildman–Crippen MR) is 105 cm³/mol. The van der Waals surface area contributed by atoms with Crippen LogP contribution in [0.15, 0.2) is 48.7 Å². The van der Waals surface area contributed by atoms with Gasteiger partial charge in [0.25, 0.3) is 11.6 Å². The van der Waals surface area contributed by atoms with E-state index in [-0.39, 0.29) is 23.0 Å². The molecule has 0 saturated carbocycles. The molecule has 0 aliphatic rings. The van der Waals surface area contributed by atoms with Gasteiger partial charge in [0.2, 0.25) is 0 Å². The fourth-order valence-corrected chi connectivity index (χ4v) is 2.72. The number of amides is 1. The molecule has 0 spiro atoms. The van der Waals surface area contributed by atoms with Gasteiger partial charge in [0.1, 0.15) is 11.5 Å². The summed E-state index contributed by atoms with van der Waals surface area (Å²) in [5.41, 5.74) is 1.98. The molecule has 0 fully saturated rings. The summed E-state index contributed by atoms with van der Waals surface area (Å²) in [7, 11) is 0. The quantitative estimate of drug-likeness (QED) is 0.502. The van der Waals surface area contributed by atoms with Gasteiger partial charge in [-0.1, -0.05) is 18.2 Å². The minimum atomic E-state index is -0.527. The van der Waals surface area contributed by atoms with Crippen LogP contribution >= 0.6 is 0 Å². The molecule has 0 aliphatic carbocycles. The summed E-state index contributed by atoms with van der Waals surface area (Å²) in [6, 6.07) is 11.5. The van der Waals surface area contributed by atoms with E-state index in [1.165, 1.54) is 12.1 Å². The summed E-state index contributed by atoms with van der Waals surface area (Å²) in [6.07, 6.45) is 1.65. The predicted octanol–water partition coefficient (Wildman–Crippen LogP) is 4.47. The van der Waals surface area contributed by atoms with Crippen LogP contribution in [0.3, 0.4) is 0 Å². The maximum atomic E-state index is 12.6. The normalized spacial score (nSPS) is 10.5. The third kappa shape index (κ3) is 4.17. The topological polar surface area (TPSA) is 99.3 Å². The Morgan fingerprint density at radius 1 is 1.25 bits per heavy atom. The van der Waals surface area contributed by atoms with E-state index >= 15 is 0 Å². The van der Waals surface area contributed by atoms with Crippen LogP contribution in [-0.4, -0.2) is 20.6 Å². The number of non-ortho nitro benzene ring substituents is 1. The van der Waals surface area contributed by atoms with E-state index in [0.29, 0.717) is 23.6 Å². The Bertz CT molecular complexity index is 1040. The highest BCUT2D eigenvalue weighted by Crippen LogP contribution is 2.31. The zero-order valence-electron chi connectivity index (χ0n) is 15.8. The molecule has 8 heteroatoms. The standard InChI is InChI=1S/C20H20N4O4/c1-4-23-12-18(14(3)22-23)20(25)21-15-9-16(24(26)27)11-17(10-15)28-19-8-6-5-7-13(19)2/h5-12H,4H2,1-3H3,(H,21,25). The van der Waals surface area contributed by atoms with Crippen LogP contribution < -0.4 is 10.1 Å². The zero-order chi connectivity index (χ0) is 20.3. The minimum absolute atomic E-state index is 0.178. The van der Waals surface area contributed by atoms with Gasteiger partial charge in [-0.15, -0.1) is 0 Å². The number of nitro benzene ring substituents is 1. The molecule has 1 aromatic heterocycles. The van der Waals surface area contributed by atoms with Crippen molar-refractivity contribution in [2.45, 2.75) is 27.3 Å². The van der Waals surface area contributed by atoms with Crippen LogP contribution in [0.1, 0.15) is 28.5 Å². The van der Waals surface area contributed by atoms with Crippen molar-refractivity contribution in [2.24, 2.45) is 0 Å². The highest BCUT2D eigenvalue weighted by atomic mass is 16.6. The van der Waals surface area contributed by atoms with E-state index in [1.54, 1.807) is 29.9 Å². The lowest BCUT2D eigenvalue weighted by Crippen LogP contribution is -2.12. The van der Waals surface area contributed by atoms with Gasteiger partial charge in [-0.3, -0.25) is 19.6 Å². The first-order chi connectivity index (χ1) is 13.4. The number of nitrogens with one attached hydrogen (secondary N) is 1. The molecule has 0 atom stereocenters. The largest absolute Gasteiger partial charge is 0.457 e. The van der Waals surface area contributed by atoms with Gasteiger partial charge < -0.3 is 10.1 Å². The second-order valence-electron chi connectivity index (χ2n) is 6.28. The van der Waals surface area contributed by atoms with Crippen molar-refractivity contribution in [3.63, 3.8) is 0 Å². The number of rotatable bonds is 6. The number of aryl methyl sites for hydroxylation is 3. The van der Waals surface area contributed by atoms with Crippen molar-refractivity contribution < 1.29 is 14.5 Å². The van der Waals surface area contributed by atoms with Gasteiger partial charge in [0.15, 0.2) is 0 Å². The lowest BCUT2D eigenvalue weighted by atomic mass is 10.2. The summed E-state index contributed by atoms with van der Waals surface area (Å²) in [5.74, 6) is 0.458. The number of carbonyl (C=O) groups is 1. The first kappa shape index (κ1) is 19.1. The molecule has 0 aliphatic heterocycles. The number of benzene rings is 2. The molecule has 8 nitrogen and oxygen atoms in total. The average molecular weight is 380 g/mol. The molecule has 28 heavy (non-hydrogen) atoms. The van der Waals surface area contributed by atoms with Crippen LogP contribution in [0.4, 0.5) is 11.4 Å². The number of hydrogen-bond acceptors (Lipinski definition) is 5. The second kappa shape index (κ2) is 7.91. The number of carbonyl (C=O) groups excluding carboxylic acids is 1. The van der Waals surface area contributed by atoms with Gasteiger partial charge in [-0.2, -0.15) is 5.10 Å². The lowest BCUT2D eigenvalue weighted by Gasteiger charge is -2.11. The van der Waals surface area contributed by atoms with Crippen molar-refractivity contribution in [3.8, 4) is 11.5 Å². The van der Waals surface area contributed by atoms with Gasteiger partial charge in [0.05, 0.1) is 27.9 Å². The number of para-hydroxylation sites is 1. The molecule has 0 bridgehead atoms. The molecule has 1 amide bonds. The fourth-order valence-electron chi connectivity index (χ4n) is 2.72. The van der Waals surface area contributed by atoms with Crippen LogP contribution in [0.25, 0.3) is 0 Å². The van der Waals surface area contributed by atoms with Gasteiger partial charge in [-0.25, -0.2) is 0 Å². The highest BCUT2D eigenvalue weighted by molar-refractivity contribution is 6.05. The third-order valence-corrected chi connectivity index (χ3v) is 4.20. The minimum Gasteiger partial charge on any atom is -0.457 e. The van der Waals surface area contributed by atoms with Crippen molar-refractivity contribution in [1.29, 1.82) is 0 Å². The third-order valence-electron chi connectivity index (χ3n) is 4.20. The maximum absolute atomic E-state index is 12.6. The van der Waals surface area contributed by atoms with E-state index in [4.69, 9.17) is 4.74 Å².